The molecular formula is C11H16BrClN2O2. The highest BCUT2D eigenvalue weighted by molar-refractivity contribution is 9.10. The Balaban J connectivity index is 0.00000144. The lowest BCUT2D eigenvalue weighted by Crippen LogP contribution is -2.47. The van der Waals surface area contributed by atoms with Crippen molar-refractivity contribution < 1.29 is 9.21 Å². The molecule has 1 aliphatic rings. The van der Waals surface area contributed by atoms with Gasteiger partial charge in [-0.1, -0.05) is 0 Å². The fourth-order valence-corrected chi connectivity index (χ4v) is 2.46. The smallest absolute Gasteiger partial charge is 0.291 e. The second-order valence-corrected chi connectivity index (χ2v) is 4.84. The normalized spacial score (nSPS) is 19.9. The number of nitrogens with zero attached hydrogens (tertiary/aromatic N) is 1. The molecule has 1 aromatic rings. The third kappa shape index (κ3) is 3.03. The number of likely N-dealkylation sites (tertiary alicyclic amines) is 1. The number of amides is 1. The Bertz CT molecular complexity index is 383. The molecule has 6 heteroatoms. The maximum Gasteiger partial charge on any atom is 0.291 e. The number of halogens is 2. The van der Waals surface area contributed by atoms with Crippen LogP contribution in [-0.2, 0) is 0 Å². The van der Waals surface area contributed by atoms with Gasteiger partial charge in [0, 0.05) is 19.1 Å². The zero-order valence-electron chi connectivity index (χ0n) is 9.39. The molecule has 0 radical (unpaired) electrons. The van der Waals surface area contributed by atoms with Crippen LogP contribution < -0.4 is 5.73 Å². The van der Waals surface area contributed by atoms with Crippen LogP contribution in [0.15, 0.2) is 21.2 Å². The Morgan fingerprint density at radius 3 is 2.94 bits per heavy atom. The molecule has 1 unspecified atom stereocenters. The molecule has 1 aromatic heterocycles. The van der Waals surface area contributed by atoms with Gasteiger partial charge in [-0.25, -0.2) is 0 Å². The summed E-state index contributed by atoms with van der Waals surface area (Å²) >= 11 is 3.30. The molecule has 0 aliphatic carbocycles. The lowest BCUT2D eigenvalue weighted by molar-refractivity contribution is 0.0589. The van der Waals surface area contributed by atoms with Crippen molar-refractivity contribution in [3.63, 3.8) is 0 Å². The summed E-state index contributed by atoms with van der Waals surface area (Å²) in [6, 6.07) is 1.88. The van der Waals surface area contributed by atoms with Crippen LogP contribution in [-0.4, -0.2) is 29.9 Å². The molecule has 1 fully saturated rings. The number of carbonyl (C=O) groups is 1. The summed E-state index contributed by atoms with van der Waals surface area (Å²) < 4.78 is 5.90. The molecule has 1 aliphatic heterocycles. The highest BCUT2D eigenvalue weighted by atomic mass is 79.9. The Kier molecular flexibility index (Phi) is 5.49. The third-order valence-electron chi connectivity index (χ3n) is 2.97. The summed E-state index contributed by atoms with van der Waals surface area (Å²) in [5.74, 6) is 0.312. The zero-order valence-corrected chi connectivity index (χ0v) is 11.8. The maximum atomic E-state index is 12.2. The standard InChI is InChI=1S/C11H15BrN2O2.ClH/c12-9-4-6-16-10(9)11(15)14-5-2-1-3-8(14)7-13;/h4,6,8H,1-3,5,7,13H2;1H. The van der Waals surface area contributed by atoms with Gasteiger partial charge in [-0.05, 0) is 41.3 Å². The fraction of sp³-hybridized carbons (Fsp3) is 0.545. The number of rotatable bonds is 2. The second kappa shape index (κ2) is 6.42. The average molecular weight is 324 g/mol. The van der Waals surface area contributed by atoms with Crippen LogP contribution in [0.2, 0.25) is 0 Å². The summed E-state index contributed by atoms with van der Waals surface area (Å²) in [5.41, 5.74) is 5.69. The quantitative estimate of drug-likeness (QED) is 0.909. The highest BCUT2D eigenvalue weighted by Gasteiger charge is 2.29. The van der Waals surface area contributed by atoms with Gasteiger partial charge < -0.3 is 15.1 Å². The van der Waals surface area contributed by atoms with Crippen LogP contribution in [0.4, 0.5) is 0 Å². The summed E-state index contributed by atoms with van der Waals surface area (Å²) in [6.45, 7) is 1.29. The van der Waals surface area contributed by atoms with Crippen molar-refractivity contribution in [1.29, 1.82) is 0 Å². The van der Waals surface area contributed by atoms with Crippen molar-refractivity contribution in [3.05, 3.63) is 22.6 Å². The molecule has 2 rings (SSSR count). The van der Waals surface area contributed by atoms with E-state index < -0.39 is 0 Å². The number of carbonyl (C=O) groups excluding carboxylic acids is 1. The largest absolute Gasteiger partial charge is 0.458 e. The Hall–Kier alpha value is -0.520. The molecule has 1 amide bonds. The molecule has 1 saturated heterocycles. The van der Waals surface area contributed by atoms with Crippen LogP contribution in [0.5, 0.6) is 0 Å². The Morgan fingerprint density at radius 2 is 2.35 bits per heavy atom. The highest BCUT2D eigenvalue weighted by Crippen LogP contribution is 2.23. The molecular weight excluding hydrogens is 307 g/mol. The lowest BCUT2D eigenvalue weighted by atomic mass is 10.0. The number of hydrogen-bond donors (Lipinski definition) is 1. The van der Waals surface area contributed by atoms with Crippen LogP contribution in [0.1, 0.15) is 29.8 Å². The summed E-state index contributed by atoms with van der Waals surface area (Å²) in [6.07, 6.45) is 4.69. The van der Waals surface area contributed by atoms with Crippen molar-refractivity contribution >= 4 is 34.2 Å². The minimum Gasteiger partial charge on any atom is -0.458 e. The van der Waals surface area contributed by atoms with Gasteiger partial charge in [0.05, 0.1) is 10.7 Å². The van der Waals surface area contributed by atoms with Crippen LogP contribution in [0.3, 0.4) is 0 Å². The van der Waals surface area contributed by atoms with E-state index in [1.165, 1.54) is 6.26 Å². The van der Waals surface area contributed by atoms with E-state index >= 15 is 0 Å². The molecule has 1 atom stereocenters. The molecule has 4 nitrogen and oxygen atoms in total. The number of nitrogens with two attached hydrogens (primary N) is 1. The van der Waals surface area contributed by atoms with Gasteiger partial charge >= 0.3 is 0 Å². The number of hydrogen-bond acceptors (Lipinski definition) is 3. The number of furan rings is 1. The van der Waals surface area contributed by atoms with Crippen LogP contribution in [0, 0.1) is 0 Å². The van der Waals surface area contributed by atoms with Gasteiger partial charge in [0.1, 0.15) is 0 Å². The zero-order chi connectivity index (χ0) is 11.5. The Labute approximate surface area is 115 Å². The first kappa shape index (κ1) is 14.5. The van der Waals surface area contributed by atoms with E-state index in [9.17, 15) is 4.79 Å². The van der Waals surface area contributed by atoms with Crippen molar-refractivity contribution in [3.8, 4) is 0 Å². The van der Waals surface area contributed by atoms with E-state index in [0.29, 0.717) is 16.8 Å². The SMILES string of the molecule is Cl.NCC1CCCCN1C(=O)c1occc1Br. The fourth-order valence-electron chi connectivity index (χ4n) is 2.09. The second-order valence-electron chi connectivity index (χ2n) is 3.98. The Morgan fingerprint density at radius 1 is 1.59 bits per heavy atom. The first-order valence-electron chi connectivity index (χ1n) is 5.48. The van der Waals surface area contributed by atoms with Crippen molar-refractivity contribution in [2.45, 2.75) is 25.3 Å². The van der Waals surface area contributed by atoms with Crippen molar-refractivity contribution in [2.24, 2.45) is 5.73 Å². The predicted octanol–water partition coefficient (Wildman–Crippen LogP) is 2.42. The summed E-state index contributed by atoms with van der Waals surface area (Å²) in [4.78, 5) is 14.0. The van der Waals surface area contributed by atoms with E-state index in [4.69, 9.17) is 10.2 Å². The molecule has 2 N–H and O–H groups in total. The molecule has 96 valence electrons. The molecule has 17 heavy (non-hydrogen) atoms. The van der Waals surface area contributed by atoms with Crippen molar-refractivity contribution in [2.75, 3.05) is 13.1 Å². The van der Waals surface area contributed by atoms with E-state index in [1.54, 1.807) is 6.07 Å². The van der Waals surface area contributed by atoms with Crippen LogP contribution >= 0.6 is 28.3 Å². The minimum absolute atomic E-state index is 0. The minimum atomic E-state index is -0.0629. The molecule has 0 spiro atoms. The third-order valence-corrected chi connectivity index (χ3v) is 3.60. The van der Waals surface area contributed by atoms with Gasteiger partial charge in [-0.3, -0.25) is 4.79 Å². The topological polar surface area (TPSA) is 59.5 Å². The first-order chi connectivity index (χ1) is 7.74. The van der Waals surface area contributed by atoms with Crippen LogP contribution in [0.25, 0.3) is 0 Å². The molecule has 2 heterocycles. The van der Waals surface area contributed by atoms with Gasteiger partial charge in [0.25, 0.3) is 5.91 Å². The monoisotopic (exact) mass is 322 g/mol. The molecule has 0 bridgehead atoms. The first-order valence-corrected chi connectivity index (χ1v) is 6.27. The van der Waals surface area contributed by atoms with E-state index in [0.717, 1.165) is 25.8 Å². The van der Waals surface area contributed by atoms with Crippen molar-refractivity contribution in [1.82, 2.24) is 4.90 Å². The molecule has 0 aromatic carbocycles. The summed E-state index contributed by atoms with van der Waals surface area (Å²) in [5, 5.41) is 0. The number of piperidine rings is 1. The summed E-state index contributed by atoms with van der Waals surface area (Å²) in [7, 11) is 0. The van der Waals surface area contributed by atoms with Gasteiger partial charge in [-0.15, -0.1) is 12.4 Å². The lowest BCUT2D eigenvalue weighted by Gasteiger charge is -2.34. The van der Waals surface area contributed by atoms with E-state index in [1.807, 2.05) is 4.90 Å². The average Bonchev–Trinajstić information content (AvgIpc) is 2.74. The predicted molar refractivity (Wildman–Crippen MR) is 71.4 cm³/mol. The van der Waals surface area contributed by atoms with E-state index in [2.05, 4.69) is 15.9 Å². The van der Waals surface area contributed by atoms with E-state index in [-0.39, 0.29) is 24.4 Å². The van der Waals surface area contributed by atoms with Gasteiger partial charge in [-0.2, -0.15) is 0 Å². The van der Waals surface area contributed by atoms with Gasteiger partial charge in [0.2, 0.25) is 5.76 Å². The van der Waals surface area contributed by atoms with Gasteiger partial charge in [0.15, 0.2) is 0 Å². The molecule has 0 saturated carbocycles. The maximum absolute atomic E-state index is 12.2.